The van der Waals surface area contributed by atoms with Gasteiger partial charge in [0.15, 0.2) is 0 Å². The van der Waals surface area contributed by atoms with Gasteiger partial charge in [0.05, 0.1) is 6.61 Å². The third-order valence-electron chi connectivity index (χ3n) is 9.97. The van der Waals surface area contributed by atoms with Crippen molar-refractivity contribution in [3.63, 3.8) is 0 Å². The van der Waals surface area contributed by atoms with Crippen molar-refractivity contribution in [1.29, 1.82) is 0 Å². The van der Waals surface area contributed by atoms with Gasteiger partial charge in [-0.25, -0.2) is 0 Å². The second-order valence-corrected chi connectivity index (χ2v) is 14.9. The predicted octanol–water partition coefficient (Wildman–Crippen LogP) is 12.3. The molecule has 0 saturated carbocycles. The highest BCUT2D eigenvalue weighted by Crippen LogP contribution is 2.19. The second kappa shape index (κ2) is 38.1. The Hall–Kier alpha value is -1.14. The van der Waals surface area contributed by atoms with Crippen molar-refractivity contribution in [2.24, 2.45) is 0 Å². The SMILES string of the molecule is CCCCCCCCC(CCC)OC(=O)CCCCCN(CCO)CCCCCC(=O)OC(CCCCCCCC)CCCCCCCC. The van der Waals surface area contributed by atoms with Crippen LogP contribution in [-0.4, -0.2) is 60.4 Å². The number of hydrogen-bond acceptors (Lipinski definition) is 6. The van der Waals surface area contributed by atoms with Gasteiger partial charge in [-0.3, -0.25) is 9.59 Å². The van der Waals surface area contributed by atoms with E-state index in [1.807, 2.05) is 0 Å². The lowest BCUT2D eigenvalue weighted by molar-refractivity contribution is -0.151. The first-order chi connectivity index (χ1) is 24.0. The zero-order valence-corrected chi connectivity index (χ0v) is 33.4. The van der Waals surface area contributed by atoms with E-state index >= 15 is 0 Å². The molecule has 6 nitrogen and oxygen atoms in total. The molecular weight excluding hydrogens is 610 g/mol. The van der Waals surface area contributed by atoms with Crippen LogP contribution in [0.5, 0.6) is 0 Å². The van der Waals surface area contributed by atoms with Gasteiger partial charge in [-0.15, -0.1) is 0 Å². The van der Waals surface area contributed by atoms with Crippen LogP contribution >= 0.6 is 0 Å². The monoisotopic (exact) mass is 696 g/mol. The number of esters is 2. The van der Waals surface area contributed by atoms with E-state index in [9.17, 15) is 14.7 Å². The molecule has 1 N–H and O–H groups in total. The van der Waals surface area contributed by atoms with Crippen molar-refractivity contribution in [2.45, 2.75) is 239 Å². The lowest BCUT2D eigenvalue weighted by Crippen LogP contribution is -2.29. The third-order valence-corrected chi connectivity index (χ3v) is 9.97. The maximum atomic E-state index is 12.7. The standard InChI is InChI=1S/C43H85NO5/c1-5-9-12-15-18-23-31-40(30-8-4)48-42(46)34-26-21-28-36-44(38-39-45)37-29-22-27-35-43(47)49-41(32-24-19-16-13-10-6-2)33-25-20-17-14-11-7-3/h40-41,45H,5-39H2,1-4H3. The van der Waals surface area contributed by atoms with Crippen LogP contribution in [0, 0.1) is 0 Å². The van der Waals surface area contributed by atoms with Crippen LogP contribution in [0.2, 0.25) is 0 Å². The van der Waals surface area contributed by atoms with Gasteiger partial charge in [0, 0.05) is 19.4 Å². The number of carbonyl (C=O) groups excluding carboxylic acids is 2. The van der Waals surface area contributed by atoms with Crippen molar-refractivity contribution in [2.75, 3.05) is 26.2 Å². The normalized spacial score (nSPS) is 12.2. The Labute approximate surface area is 305 Å². The number of carbonyl (C=O) groups is 2. The molecule has 1 unspecified atom stereocenters. The lowest BCUT2D eigenvalue weighted by Gasteiger charge is -2.21. The molecule has 0 saturated heterocycles. The fraction of sp³-hybridized carbons (Fsp3) is 0.953. The average Bonchev–Trinajstić information content (AvgIpc) is 3.08. The molecule has 0 aliphatic rings. The molecule has 49 heavy (non-hydrogen) atoms. The summed E-state index contributed by atoms with van der Waals surface area (Å²) >= 11 is 0. The Morgan fingerprint density at radius 2 is 0.776 bits per heavy atom. The van der Waals surface area contributed by atoms with Crippen LogP contribution in [0.3, 0.4) is 0 Å². The second-order valence-electron chi connectivity index (χ2n) is 14.9. The van der Waals surface area contributed by atoms with Gasteiger partial charge in [0.1, 0.15) is 12.2 Å². The molecular formula is C43H85NO5. The van der Waals surface area contributed by atoms with Crippen molar-refractivity contribution in [1.82, 2.24) is 4.90 Å². The first-order valence-electron chi connectivity index (χ1n) is 21.7. The van der Waals surface area contributed by atoms with E-state index in [1.165, 1.54) is 109 Å². The van der Waals surface area contributed by atoms with Gasteiger partial charge >= 0.3 is 11.9 Å². The van der Waals surface area contributed by atoms with Crippen LogP contribution in [0.25, 0.3) is 0 Å². The molecule has 292 valence electrons. The quantitative estimate of drug-likeness (QED) is 0.0509. The van der Waals surface area contributed by atoms with Crippen LogP contribution in [0.1, 0.15) is 227 Å². The van der Waals surface area contributed by atoms with Gasteiger partial charge in [-0.05, 0) is 83.7 Å². The summed E-state index contributed by atoms with van der Waals surface area (Å²) in [6.45, 7) is 11.6. The van der Waals surface area contributed by atoms with E-state index in [4.69, 9.17) is 9.47 Å². The smallest absolute Gasteiger partial charge is 0.306 e. The van der Waals surface area contributed by atoms with E-state index in [0.717, 1.165) is 90.1 Å². The van der Waals surface area contributed by atoms with E-state index in [2.05, 4.69) is 32.6 Å². The zero-order chi connectivity index (χ0) is 36.0. The Kier molecular flexibility index (Phi) is 37.2. The van der Waals surface area contributed by atoms with Crippen LogP contribution in [0.4, 0.5) is 0 Å². The zero-order valence-electron chi connectivity index (χ0n) is 33.4. The van der Waals surface area contributed by atoms with Crippen molar-refractivity contribution >= 4 is 11.9 Å². The number of aliphatic hydroxyl groups excluding tert-OH is 1. The first-order valence-corrected chi connectivity index (χ1v) is 21.7. The minimum Gasteiger partial charge on any atom is -0.462 e. The van der Waals surface area contributed by atoms with Gasteiger partial charge in [-0.2, -0.15) is 0 Å². The van der Waals surface area contributed by atoms with Crippen LogP contribution in [0.15, 0.2) is 0 Å². The Balaban J connectivity index is 4.24. The summed E-state index contributed by atoms with van der Waals surface area (Å²) in [5.74, 6) is -0.0533. The fourth-order valence-corrected chi connectivity index (χ4v) is 6.83. The highest BCUT2D eigenvalue weighted by atomic mass is 16.5. The molecule has 0 aromatic carbocycles. The summed E-state index contributed by atoms with van der Waals surface area (Å²) in [6, 6.07) is 0. The Morgan fingerprint density at radius 1 is 0.429 bits per heavy atom. The molecule has 0 amide bonds. The molecule has 0 rings (SSSR count). The molecule has 0 bridgehead atoms. The fourth-order valence-electron chi connectivity index (χ4n) is 6.83. The van der Waals surface area contributed by atoms with Crippen molar-refractivity contribution in [3.05, 3.63) is 0 Å². The minimum absolute atomic E-state index is 0.0175. The van der Waals surface area contributed by atoms with E-state index < -0.39 is 0 Å². The number of unbranched alkanes of at least 4 members (excludes halogenated alkanes) is 19. The van der Waals surface area contributed by atoms with Crippen LogP contribution in [-0.2, 0) is 19.1 Å². The maximum absolute atomic E-state index is 12.7. The number of ether oxygens (including phenoxy) is 2. The number of rotatable bonds is 39. The molecule has 0 aromatic rings. The minimum atomic E-state index is -0.0358. The van der Waals surface area contributed by atoms with Crippen LogP contribution < -0.4 is 0 Å². The largest absolute Gasteiger partial charge is 0.462 e. The molecule has 0 radical (unpaired) electrons. The predicted molar refractivity (Wildman–Crippen MR) is 209 cm³/mol. The van der Waals surface area contributed by atoms with Crippen molar-refractivity contribution < 1.29 is 24.2 Å². The number of aliphatic hydroxyl groups is 1. The summed E-state index contributed by atoms with van der Waals surface area (Å²) in [4.78, 5) is 27.6. The highest BCUT2D eigenvalue weighted by Gasteiger charge is 2.15. The lowest BCUT2D eigenvalue weighted by atomic mass is 10.0. The molecule has 0 aromatic heterocycles. The molecule has 0 aliphatic carbocycles. The van der Waals surface area contributed by atoms with Gasteiger partial charge < -0.3 is 19.5 Å². The number of nitrogens with zero attached hydrogens (tertiary/aromatic N) is 1. The first kappa shape index (κ1) is 47.9. The third kappa shape index (κ3) is 33.7. The van der Waals surface area contributed by atoms with Gasteiger partial charge in [0.2, 0.25) is 0 Å². The van der Waals surface area contributed by atoms with Gasteiger partial charge in [-0.1, -0.05) is 143 Å². The summed E-state index contributed by atoms with van der Waals surface area (Å²) < 4.78 is 11.9. The average molecular weight is 696 g/mol. The molecule has 0 fully saturated rings. The summed E-state index contributed by atoms with van der Waals surface area (Å²) in [7, 11) is 0. The molecule has 0 aliphatic heterocycles. The number of hydrogen-bond donors (Lipinski definition) is 1. The Bertz CT molecular complexity index is 686. The van der Waals surface area contributed by atoms with Gasteiger partial charge in [0.25, 0.3) is 0 Å². The van der Waals surface area contributed by atoms with E-state index in [0.29, 0.717) is 19.4 Å². The Morgan fingerprint density at radius 3 is 1.14 bits per heavy atom. The summed E-state index contributed by atoms with van der Waals surface area (Å²) in [6.07, 6.45) is 34.9. The van der Waals surface area contributed by atoms with E-state index in [-0.39, 0.29) is 30.8 Å². The molecule has 0 spiro atoms. The summed E-state index contributed by atoms with van der Waals surface area (Å²) in [5, 5.41) is 9.58. The van der Waals surface area contributed by atoms with Crippen molar-refractivity contribution in [3.8, 4) is 0 Å². The highest BCUT2D eigenvalue weighted by molar-refractivity contribution is 5.69. The molecule has 1 atom stereocenters. The molecule has 0 heterocycles. The maximum Gasteiger partial charge on any atom is 0.306 e. The topological polar surface area (TPSA) is 76.1 Å². The van der Waals surface area contributed by atoms with E-state index in [1.54, 1.807) is 0 Å². The molecule has 6 heteroatoms. The summed E-state index contributed by atoms with van der Waals surface area (Å²) in [5.41, 5.74) is 0.